The maximum Gasteiger partial charge on any atom is 0.248 e. The van der Waals surface area contributed by atoms with Crippen molar-refractivity contribution in [2.45, 2.75) is 161 Å². The fraction of sp³-hybridized carbons (Fsp3) is 0.391. The number of aliphatic hydroxyl groups is 1. The highest BCUT2D eigenvalue weighted by Crippen LogP contribution is 2.45. The van der Waals surface area contributed by atoms with Crippen LogP contribution in [-0.4, -0.2) is 188 Å². The SMILES string of the molecule is C.CC(C)(C)N1CCC(c2[nH]nc(-c3ccc(Cl)cc3)c2-c2ccncn2)CC1.CCC(C)N1CCC(c2[nH]nc(-c3ccc(Cl)cc3)c2-c2ccncn2)CC1.CCC(C)N1CCC(c2[nH]nc(-c3ccc(Cl)cc3)c2-c2ccncn2)CC1.Cl.Cl.O=C(CO)N1CCC(c2[nH]nc(-c3ccc(Cl)cc3)c2-c2ccncn2)CC1. The monoisotopic (exact) mass is 1670 g/mol. The molecule has 0 bridgehead atoms. The number of nitrogens with zero attached hydrogens (tertiary/aromatic N) is 16. The molecule has 22 nitrogen and oxygen atoms in total. The maximum absolute atomic E-state index is 11.7. The number of H-pyrrole nitrogens is 4. The summed E-state index contributed by atoms with van der Waals surface area (Å²) in [4.78, 5) is 55.5. The molecule has 4 fully saturated rings. The summed E-state index contributed by atoms with van der Waals surface area (Å²) in [6.07, 6.45) is 24.1. The highest BCUT2D eigenvalue weighted by atomic mass is 35.5. The van der Waals surface area contributed by atoms with Crippen molar-refractivity contribution in [3.8, 4) is 90.1 Å². The number of aromatic amines is 4. The van der Waals surface area contributed by atoms with Crippen molar-refractivity contribution in [2.24, 2.45) is 0 Å². The molecule has 16 rings (SSSR count). The highest BCUT2D eigenvalue weighted by molar-refractivity contribution is 6.31. The van der Waals surface area contributed by atoms with Gasteiger partial charge in [-0.1, -0.05) is 116 Å². The standard InChI is InChI=1S/3C22H26ClN5.C20H20ClN5O2.CH4.2ClH/c1-22(2,3)28-12-9-16(10-13-28)21-19(18-8-11-24-14-25-18)20(26-27-21)15-4-6-17(23)7-5-15;2*1-3-15(2)28-12-9-17(10-13-28)22-20(19-8-11-24-14-25-19)21(26-27-22)16-4-6-18(23)7-5-16;21-15-3-1-13(2-4-15)19-18(16-5-8-22-12-23-16)20(25-24-19)14-6-9-26(10-7-14)17(28)11-27;;;/h4-8,11,14,16H,9-10,12-13H2,1-3H3,(H,26,27);2*4-8,11,14-15,17H,3,9-10,12-13H2,1-2H3,(H,26,27);1-5,8,12,14,27H,6-7,9-11H2,(H,24,25);1H4;2*1H. The minimum absolute atomic E-state index is 0. The quantitative estimate of drug-likeness (QED) is 0.0567. The van der Waals surface area contributed by atoms with Crippen LogP contribution in [0.4, 0.5) is 0 Å². The first-order valence-corrected chi connectivity index (χ1v) is 40.5. The summed E-state index contributed by atoms with van der Waals surface area (Å²) in [6, 6.07) is 40.1. The predicted molar refractivity (Wildman–Crippen MR) is 467 cm³/mol. The summed E-state index contributed by atoms with van der Waals surface area (Å²) >= 11 is 24.3. The molecule has 2 unspecified atom stereocenters. The molecule has 5 N–H and O–H groups in total. The van der Waals surface area contributed by atoms with E-state index in [1.165, 1.54) is 36.3 Å². The van der Waals surface area contributed by atoms with E-state index in [1.54, 1.807) is 48.7 Å². The van der Waals surface area contributed by atoms with Gasteiger partial charge in [-0.3, -0.25) is 30.1 Å². The molecule has 606 valence electrons. The average Bonchev–Trinajstić information content (AvgIpc) is 1.67. The van der Waals surface area contributed by atoms with E-state index in [2.05, 4.69) is 129 Å². The Kier molecular flexibility index (Phi) is 32.1. The van der Waals surface area contributed by atoms with E-state index in [-0.39, 0.29) is 49.6 Å². The van der Waals surface area contributed by atoms with Crippen LogP contribution in [0.3, 0.4) is 0 Å². The van der Waals surface area contributed by atoms with Crippen LogP contribution in [0.2, 0.25) is 20.1 Å². The van der Waals surface area contributed by atoms with E-state index >= 15 is 0 Å². The number of aromatic nitrogens is 16. The number of likely N-dealkylation sites (tertiary alicyclic amines) is 4. The first kappa shape index (κ1) is 88.5. The largest absolute Gasteiger partial charge is 0.387 e. The van der Waals surface area contributed by atoms with E-state index in [1.807, 2.05) is 121 Å². The molecular weight excluding hydrogens is 1570 g/mol. The first-order chi connectivity index (χ1) is 54.4. The highest BCUT2D eigenvalue weighted by Gasteiger charge is 2.35. The zero-order valence-electron chi connectivity index (χ0n) is 65.4. The molecule has 0 radical (unpaired) electrons. The van der Waals surface area contributed by atoms with Crippen molar-refractivity contribution >= 4 is 77.1 Å². The predicted octanol–water partition coefficient (Wildman–Crippen LogP) is 19.9. The maximum atomic E-state index is 11.7. The molecule has 12 heterocycles. The lowest BCUT2D eigenvalue weighted by Gasteiger charge is -2.40. The smallest absolute Gasteiger partial charge is 0.248 e. The van der Waals surface area contributed by atoms with Crippen LogP contribution in [-0.2, 0) is 4.79 Å². The third-order valence-electron chi connectivity index (χ3n) is 22.5. The van der Waals surface area contributed by atoms with E-state index in [4.69, 9.17) is 66.8 Å². The second-order valence-electron chi connectivity index (χ2n) is 30.2. The van der Waals surface area contributed by atoms with Gasteiger partial charge in [-0.15, -0.1) is 24.8 Å². The molecule has 4 aliphatic heterocycles. The van der Waals surface area contributed by atoms with Crippen molar-refractivity contribution in [3.63, 3.8) is 0 Å². The summed E-state index contributed by atoms with van der Waals surface area (Å²) in [5.74, 6) is 1.36. The fourth-order valence-corrected chi connectivity index (χ4v) is 16.3. The molecule has 1 amide bonds. The van der Waals surface area contributed by atoms with Gasteiger partial charge in [0.25, 0.3) is 0 Å². The zero-order valence-corrected chi connectivity index (χ0v) is 70.1. The molecule has 0 saturated carbocycles. The van der Waals surface area contributed by atoms with E-state index < -0.39 is 6.61 Å². The number of rotatable bonds is 17. The van der Waals surface area contributed by atoms with Gasteiger partial charge in [-0.25, -0.2) is 39.9 Å². The Bertz CT molecular complexity index is 4770. The topological polar surface area (TPSA) is 268 Å². The summed E-state index contributed by atoms with van der Waals surface area (Å²) in [7, 11) is 0. The van der Waals surface area contributed by atoms with Gasteiger partial charge >= 0.3 is 0 Å². The summed E-state index contributed by atoms with van der Waals surface area (Å²) in [5, 5.41) is 43.9. The molecule has 4 aromatic carbocycles. The summed E-state index contributed by atoms with van der Waals surface area (Å²) in [6.45, 7) is 23.5. The lowest BCUT2D eigenvalue weighted by Crippen LogP contribution is -2.45. The molecule has 2 atom stereocenters. The Morgan fingerprint density at radius 1 is 0.409 bits per heavy atom. The van der Waals surface area contributed by atoms with Crippen molar-refractivity contribution in [1.82, 2.24) is 100 Å². The molecule has 0 spiro atoms. The number of amides is 1. The summed E-state index contributed by atoms with van der Waals surface area (Å²) in [5.41, 5.74) is 20.2. The van der Waals surface area contributed by atoms with Crippen LogP contribution < -0.4 is 0 Å². The number of benzene rings is 4. The van der Waals surface area contributed by atoms with Crippen LogP contribution in [0.15, 0.2) is 171 Å². The molecule has 12 aromatic rings. The normalized spacial score (nSPS) is 15.9. The number of piperidine rings is 4. The van der Waals surface area contributed by atoms with Gasteiger partial charge in [0.15, 0.2) is 0 Å². The van der Waals surface area contributed by atoms with Crippen LogP contribution in [0.1, 0.15) is 167 Å². The molecular formula is C87H104Cl6N20O2. The minimum atomic E-state index is -0.443. The van der Waals surface area contributed by atoms with E-state index in [9.17, 15) is 4.79 Å². The number of carbonyl (C=O) groups is 1. The molecule has 4 saturated heterocycles. The van der Waals surface area contributed by atoms with Crippen molar-refractivity contribution in [1.29, 1.82) is 0 Å². The molecule has 0 aliphatic carbocycles. The van der Waals surface area contributed by atoms with Gasteiger partial charge in [0.05, 0.1) is 22.8 Å². The summed E-state index contributed by atoms with van der Waals surface area (Å²) < 4.78 is 0. The second kappa shape index (κ2) is 41.8. The lowest BCUT2D eigenvalue weighted by atomic mass is 9.87. The van der Waals surface area contributed by atoms with E-state index in [0.717, 1.165) is 201 Å². The Morgan fingerprint density at radius 3 is 0.870 bits per heavy atom. The Morgan fingerprint density at radius 2 is 0.652 bits per heavy atom. The van der Waals surface area contributed by atoms with Gasteiger partial charge in [-0.05, 0) is 211 Å². The number of carbonyl (C=O) groups excluding carboxylic acids is 1. The average molecular weight is 1670 g/mol. The Balaban J connectivity index is 0.000000161. The van der Waals surface area contributed by atoms with Crippen molar-refractivity contribution in [2.75, 3.05) is 59.0 Å². The molecule has 4 aliphatic rings. The minimum Gasteiger partial charge on any atom is -0.387 e. The third-order valence-corrected chi connectivity index (χ3v) is 23.6. The molecule has 115 heavy (non-hydrogen) atoms. The number of halogens is 6. The fourth-order valence-electron chi connectivity index (χ4n) is 15.8. The van der Waals surface area contributed by atoms with Gasteiger partial charge < -0.3 is 19.8 Å². The van der Waals surface area contributed by atoms with Crippen molar-refractivity contribution < 1.29 is 9.90 Å². The van der Waals surface area contributed by atoms with Gasteiger partial charge in [0.1, 0.15) is 54.7 Å². The molecule has 8 aromatic heterocycles. The number of hydrogen-bond acceptors (Lipinski definition) is 17. The van der Waals surface area contributed by atoms with Crippen LogP contribution in [0.25, 0.3) is 90.1 Å². The zero-order chi connectivity index (χ0) is 78.3. The van der Waals surface area contributed by atoms with E-state index in [0.29, 0.717) is 47.9 Å². The van der Waals surface area contributed by atoms with Gasteiger partial charge in [0.2, 0.25) is 5.91 Å². The Labute approximate surface area is 707 Å². The van der Waals surface area contributed by atoms with Gasteiger partial charge in [-0.2, -0.15) is 20.4 Å². The van der Waals surface area contributed by atoms with Crippen LogP contribution in [0, 0.1) is 0 Å². The van der Waals surface area contributed by atoms with Crippen LogP contribution in [0.5, 0.6) is 0 Å². The van der Waals surface area contributed by atoms with Crippen LogP contribution >= 0.6 is 71.2 Å². The third kappa shape index (κ3) is 21.7. The molecule has 28 heteroatoms. The first-order valence-electron chi connectivity index (χ1n) is 39.0. The lowest BCUT2D eigenvalue weighted by molar-refractivity contribution is -0.135. The van der Waals surface area contributed by atoms with Crippen molar-refractivity contribution in [3.05, 3.63) is 214 Å². The second-order valence-corrected chi connectivity index (χ2v) is 32.0. The Hall–Kier alpha value is -8.91. The number of hydrogen-bond donors (Lipinski definition) is 5. The number of nitrogens with one attached hydrogen (secondary N) is 4. The van der Waals surface area contributed by atoms with Gasteiger partial charge in [0, 0.05) is 167 Å². The number of aliphatic hydroxyl groups excluding tert-OH is 1.